The number of rotatable bonds is 3. The molecule has 2 aromatic rings. The summed E-state index contributed by atoms with van der Waals surface area (Å²) in [5, 5.41) is 0. The van der Waals surface area contributed by atoms with E-state index in [-0.39, 0.29) is 5.91 Å². The second-order valence-corrected chi connectivity index (χ2v) is 3.62. The fraction of sp³-hybridized carbons (Fsp3) is 0.250. The molecule has 0 spiro atoms. The van der Waals surface area contributed by atoms with Crippen LogP contribution in [0.2, 0.25) is 0 Å². The van der Waals surface area contributed by atoms with Gasteiger partial charge >= 0.3 is 0 Å². The highest BCUT2D eigenvalue weighted by Gasteiger charge is 2.10. The van der Waals surface area contributed by atoms with E-state index in [0.717, 1.165) is 17.5 Å². The highest BCUT2D eigenvalue weighted by Crippen LogP contribution is 2.19. The van der Waals surface area contributed by atoms with Gasteiger partial charge in [0.05, 0.1) is 6.42 Å². The lowest BCUT2D eigenvalue weighted by atomic mass is 10.1. The number of aryl methyl sites for hydroxylation is 1. The van der Waals surface area contributed by atoms with Crippen LogP contribution in [0.15, 0.2) is 30.6 Å². The van der Waals surface area contributed by atoms with Crippen LogP contribution in [0.1, 0.15) is 18.1 Å². The molecule has 0 bridgehead atoms. The number of hydrogen-bond acceptors (Lipinski definition) is 1. The van der Waals surface area contributed by atoms with Gasteiger partial charge in [-0.2, -0.15) is 0 Å². The Morgan fingerprint density at radius 2 is 2.27 bits per heavy atom. The zero-order valence-electron chi connectivity index (χ0n) is 8.73. The van der Waals surface area contributed by atoms with Crippen LogP contribution in [0.25, 0.3) is 5.52 Å². The first-order chi connectivity index (χ1) is 7.22. The van der Waals surface area contributed by atoms with Gasteiger partial charge in [0.1, 0.15) is 0 Å². The van der Waals surface area contributed by atoms with E-state index in [1.54, 1.807) is 0 Å². The molecule has 2 rings (SSSR count). The average molecular weight is 202 g/mol. The van der Waals surface area contributed by atoms with E-state index in [4.69, 9.17) is 5.73 Å². The second kappa shape index (κ2) is 3.77. The van der Waals surface area contributed by atoms with Crippen LogP contribution in [0.3, 0.4) is 0 Å². The number of pyridine rings is 1. The average Bonchev–Trinajstić information content (AvgIpc) is 2.56. The SMILES string of the molecule is CCc1cn2ccccc2c1CC(N)=O. The standard InChI is InChI=1S/C12H14N2O/c1-2-9-8-14-6-4-3-5-11(14)10(9)7-12(13)15/h3-6,8H,2,7H2,1H3,(H2,13,15). The third-order valence-electron chi connectivity index (χ3n) is 2.61. The molecule has 0 radical (unpaired) electrons. The highest BCUT2D eigenvalue weighted by molar-refractivity contribution is 5.80. The molecule has 0 aromatic carbocycles. The summed E-state index contributed by atoms with van der Waals surface area (Å²) >= 11 is 0. The summed E-state index contributed by atoms with van der Waals surface area (Å²) < 4.78 is 2.04. The first-order valence-corrected chi connectivity index (χ1v) is 5.08. The molecule has 3 nitrogen and oxygen atoms in total. The fourth-order valence-corrected chi connectivity index (χ4v) is 1.92. The predicted molar refractivity (Wildman–Crippen MR) is 59.7 cm³/mol. The van der Waals surface area contributed by atoms with E-state index in [1.165, 1.54) is 5.56 Å². The Balaban J connectivity index is 2.61. The summed E-state index contributed by atoms with van der Waals surface area (Å²) in [4.78, 5) is 11.0. The van der Waals surface area contributed by atoms with Crippen molar-refractivity contribution in [1.82, 2.24) is 4.40 Å². The van der Waals surface area contributed by atoms with Crippen LogP contribution in [0, 0.1) is 0 Å². The molecule has 0 aliphatic heterocycles. The number of fused-ring (bicyclic) bond motifs is 1. The maximum atomic E-state index is 11.0. The monoisotopic (exact) mass is 202 g/mol. The van der Waals surface area contributed by atoms with Gasteiger partial charge < -0.3 is 10.1 Å². The summed E-state index contributed by atoms with van der Waals surface area (Å²) in [6.45, 7) is 2.08. The minimum Gasteiger partial charge on any atom is -0.369 e. The fourth-order valence-electron chi connectivity index (χ4n) is 1.92. The van der Waals surface area contributed by atoms with Gasteiger partial charge in [-0.15, -0.1) is 0 Å². The van der Waals surface area contributed by atoms with E-state index < -0.39 is 0 Å². The van der Waals surface area contributed by atoms with Gasteiger partial charge in [0, 0.05) is 17.9 Å². The quantitative estimate of drug-likeness (QED) is 0.806. The number of hydrogen-bond donors (Lipinski definition) is 1. The highest BCUT2D eigenvalue weighted by atomic mass is 16.1. The predicted octanol–water partition coefficient (Wildman–Crippen LogP) is 1.53. The third-order valence-corrected chi connectivity index (χ3v) is 2.61. The van der Waals surface area contributed by atoms with E-state index in [2.05, 4.69) is 13.1 Å². The Bertz CT molecular complexity index is 499. The van der Waals surface area contributed by atoms with Gasteiger partial charge in [-0.25, -0.2) is 0 Å². The normalized spacial score (nSPS) is 10.7. The van der Waals surface area contributed by atoms with Gasteiger partial charge in [-0.1, -0.05) is 13.0 Å². The molecule has 78 valence electrons. The number of aromatic nitrogens is 1. The topological polar surface area (TPSA) is 47.5 Å². The van der Waals surface area contributed by atoms with E-state index in [0.29, 0.717) is 6.42 Å². The molecule has 2 heterocycles. The Kier molecular flexibility index (Phi) is 2.46. The number of carbonyl (C=O) groups is 1. The van der Waals surface area contributed by atoms with Crippen molar-refractivity contribution in [2.24, 2.45) is 5.73 Å². The third kappa shape index (κ3) is 1.73. The van der Waals surface area contributed by atoms with Crippen LogP contribution >= 0.6 is 0 Å². The summed E-state index contributed by atoms with van der Waals surface area (Å²) in [5.41, 5.74) is 8.58. The number of carbonyl (C=O) groups excluding carboxylic acids is 1. The molecule has 0 atom stereocenters. The molecule has 0 saturated heterocycles. The molecule has 0 saturated carbocycles. The molecule has 2 N–H and O–H groups in total. The molecule has 0 aliphatic rings. The van der Waals surface area contributed by atoms with Crippen molar-refractivity contribution in [3.05, 3.63) is 41.7 Å². The van der Waals surface area contributed by atoms with Crippen molar-refractivity contribution in [2.75, 3.05) is 0 Å². The Labute approximate surface area is 88.5 Å². The molecule has 1 amide bonds. The van der Waals surface area contributed by atoms with Crippen LogP contribution in [-0.2, 0) is 17.6 Å². The molecule has 0 aliphatic carbocycles. The molecule has 0 unspecified atom stereocenters. The zero-order chi connectivity index (χ0) is 10.8. The lowest BCUT2D eigenvalue weighted by molar-refractivity contribution is -0.117. The van der Waals surface area contributed by atoms with Crippen molar-refractivity contribution < 1.29 is 4.79 Å². The molecule has 15 heavy (non-hydrogen) atoms. The van der Waals surface area contributed by atoms with Crippen molar-refractivity contribution >= 4 is 11.4 Å². The number of nitrogens with two attached hydrogens (primary N) is 1. The van der Waals surface area contributed by atoms with Gasteiger partial charge in [0.2, 0.25) is 5.91 Å². The first-order valence-electron chi connectivity index (χ1n) is 5.08. The largest absolute Gasteiger partial charge is 0.369 e. The summed E-state index contributed by atoms with van der Waals surface area (Å²) in [6.07, 6.45) is 5.29. The van der Waals surface area contributed by atoms with Gasteiger partial charge in [-0.3, -0.25) is 4.79 Å². The zero-order valence-corrected chi connectivity index (χ0v) is 8.73. The van der Waals surface area contributed by atoms with Crippen LogP contribution in [0.4, 0.5) is 0 Å². The lowest BCUT2D eigenvalue weighted by Crippen LogP contribution is -2.14. The van der Waals surface area contributed by atoms with Gasteiger partial charge in [0.25, 0.3) is 0 Å². The first kappa shape index (κ1) is 9.77. The number of amides is 1. The number of primary amides is 1. The van der Waals surface area contributed by atoms with Gasteiger partial charge in [0.15, 0.2) is 0 Å². The lowest BCUT2D eigenvalue weighted by Gasteiger charge is -1.99. The molecule has 0 fully saturated rings. The van der Waals surface area contributed by atoms with Crippen LogP contribution in [0.5, 0.6) is 0 Å². The summed E-state index contributed by atoms with van der Waals surface area (Å²) in [5.74, 6) is -0.276. The van der Waals surface area contributed by atoms with Crippen molar-refractivity contribution in [3.63, 3.8) is 0 Å². The Morgan fingerprint density at radius 1 is 1.47 bits per heavy atom. The smallest absolute Gasteiger partial charge is 0.221 e. The van der Waals surface area contributed by atoms with E-state index >= 15 is 0 Å². The Hall–Kier alpha value is -1.77. The molecule has 3 heteroatoms. The summed E-state index contributed by atoms with van der Waals surface area (Å²) in [7, 11) is 0. The second-order valence-electron chi connectivity index (χ2n) is 3.62. The number of nitrogens with zero attached hydrogens (tertiary/aromatic N) is 1. The Morgan fingerprint density at radius 3 is 2.93 bits per heavy atom. The maximum absolute atomic E-state index is 11.0. The minimum absolute atomic E-state index is 0.276. The van der Waals surface area contributed by atoms with Crippen LogP contribution in [-0.4, -0.2) is 10.3 Å². The minimum atomic E-state index is -0.276. The van der Waals surface area contributed by atoms with E-state index in [9.17, 15) is 4.79 Å². The van der Waals surface area contributed by atoms with Gasteiger partial charge in [-0.05, 0) is 29.7 Å². The molecular weight excluding hydrogens is 188 g/mol. The van der Waals surface area contributed by atoms with Crippen molar-refractivity contribution in [3.8, 4) is 0 Å². The molecule has 2 aromatic heterocycles. The van der Waals surface area contributed by atoms with Crippen molar-refractivity contribution in [1.29, 1.82) is 0 Å². The van der Waals surface area contributed by atoms with Crippen molar-refractivity contribution in [2.45, 2.75) is 19.8 Å². The molecular formula is C12H14N2O. The van der Waals surface area contributed by atoms with E-state index in [1.807, 2.05) is 28.8 Å². The van der Waals surface area contributed by atoms with Crippen LogP contribution < -0.4 is 5.73 Å². The summed E-state index contributed by atoms with van der Waals surface area (Å²) in [6, 6.07) is 5.96. The maximum Gasteiger partial charge on any atom is 0.221 e.